The van der Waals surface area contributed by atoms with Crippen LogP contribution in [0.4, 0.5) is 0 Å². The number of hydrogen-bond donors (Lipinski definition) is 2. The van der Waals surface area contributed by atoms with Gasteiger partial charge in [0.2, 0.25) is 0 Å². The molecule has 1 aliphatic rings. The van der Waals surface area contributed by atoms with Gasteiger partial charge in [0.05, 0.1) is 6.67 Å². The van der Waals surface area contributed by atoms with Crippen molar-refractivity contribution in [2.45, 2.75) is 19.3 Å². The minimum atomic E-state index is 0.847. The van der Waals surface area contributed by atoms with Gasteiger partial charge in [0.1, 0.15) is 0 Å². The smallest absolute Gasteiger partial charge is 0.0618 e. The van der Waals surface area contributed by atoms with E-state index in [1.54, 1.807) is 0 Å². The number of nitrogens with two attached hydrogens (primary N) is 1. The molecule has 0 spiro atoms. The minimum Gasteiger partial charge on any atom is -0.303 e. The van der Waals surface area contributed by atoms with Crippen molar-refractivity contribution in [2.75, 3.05) is 19.8 Å². The van der Waals surface area contributed by atoms with Crippen molar-refractivity contribution in [3.63, 3.8) is 0 Å². The van der Waals surface area contributed by atoms with E-state index in [-0.39, 0.29) is 0 Å². The summed E-state index contributed by atoms with van der Waals surface area (Å²) in [5.41, 5.74) is 0. The third-order valence-corrected chi connectivity index (χ3v) is 1.61. The van der Waals surface area contributed by atoms with Gasteiger partial charge in [0.15, 0.2) is 0 Å². The largest absolute Gasteiger partial charge is 0.303 e. The summed E-state index contributed by atoms with van der Waals surface area (Å²) in [4.78, 5) is 0. The van der Waals surface area contributed by atoms with E-state index in [1.807, 2.05) is 5.01 Å². The molecule has 54 valence electrons. The first kappa shape index (κ1) is 6.99. The Morgan fingerprint density at radius 3 is 3.00 bits per heavy atom. The number of nitrogens with zero attached hydrogens (tertiary/aromatic N) is 1. The monoisotopic (exact) mass is 129 g/mol. The van der Waals surface area contributed by atoms with Gasteiger partial charge in [-0.25, -0.2) is 5.01 Å². The molecule has 0 aliphatic carbocycles. The van der Waals surface area contributed by atoms with Crippen LogP contribution >= 0.6 is 0 Å². The normalized spacial score (nSPS) is 25.0. The number of hydrazine groups is 1. The zero-order chi connectivity index (χ0) is 6.53. The quantitative estimate of drug-likeness (QED) is 0.448. The van der Waals surface area contributed by atoms with E-state index in [0.717, 1.165) is 19.8 Å². The molecule has 0 radical (unpaired) electrons. The topological polar surface area (TPSA) is 41.3 Å². The summed E-state index contributed by atoms with van der Waals surface area (Å²) in [7, 11) is 0. The molecule has 0 unspecified atom stereocenters. The lowest BCUT2D eigenvalue weighted by Crippen LogP contribution is -2.41. The van der Waals surface area contributed by atoms with Crippen molar-refractivity contribution in [3.05, 3.63) is 0 Å². The van der Waals surface area contributed by atoms with Gasteiger partial charge in [-0.1, -0.05) is 6.42 Å². The Labute approximate surface area is 56.2 Å². The summed E-state index contributed by atoms with van der Waals surface area (Å²) in [5, 5.41) is 5.07. The van der Waals surface area contributed by atoms with Gasteiger partial charge in [-0.15, -0.1) is 0 Å². The molecule has 0 atom stereocenters. The highest BCUT2D eigenvalue weighted by Gasteiger charge is 2.00. The number of hydrogen-bond acceptors (Lipinski definition) is 3. The number of rotatable bonds is 0. The Morgan fingerprint density at radius 1 is 1.22 bits per heavy atom. The molecule has 1 heterocycles. The van der Waals surface area contributed by atoms with Crippen molar-refractivity contribution in [2.24, 2.45) is 5.84 Å². The zero-order valence-electron chi connectivity index (χ0n) is 5.77. The molecular formula is C6H15N3. The van der Waals surface area contributed by atoms with Gasteiger partial charge in [-0.2, -0.15) is 0 Å². The van der Waals surface area contributed by atoms with Gasteiger partial charge >= 0.3 is 0 Å². The fourth-order valence-electron chi connectivity index (χ4n) is 1.04. The van der Waals surface area contributed by atoms with Crippen LogP contribution in [0, 0.1) is 0 Å². The Balaban J connectivity index is 2.12. The highest BCUT2D eigenvalue weighted by molar-refractivity contribution is 4.55. The molecule has 3 N–H and O–H groups in total. The average molecular weight is 129 g/mol. The second kappa shape index (κ2) is 3.82. The first-order valence-electron chi connectivity index (χ1n) is 3.60. The van der Waals surface area contributed by atoms with E-state index in [1.165, 1.54) is 19.3 Å². The van der Waals surface area contributed by atoms with Crippen LogP contribution in [0.25, 0.3) is 0 Å². The zero-order valence-corrected chi connectivity index (χ0v) is 5.77. The molecule has 9 heavy (non-hydrogen) atoms. The van der Waals surface area contributed by atoms with Crippen molar-refractivity contribution >= 4 is 0 Å². The summed E-state index contributed by atoms with van der Waals surface area (Å²) in [6.07, 6.45) is 3.85. The molecule has 0 bridgehead atoms. The molecular weight excluding hydrogens is 114 g/mol. The van der Waals surface area contributed by atoms with Crippen LogP contribution < -0.4 is 11.2 Å². The second-order valence-corrected chi connectivity index (χ2v) is 2.53. The minimum absolute atomic E-state index is 0.847. The van der Waals surface area contributed by atoms with Crippen molar-refractivity contribution < 1.29 is 0 Å². The van der Waals surface area contributed by atoms with Crippen molar-refractivity contribution in [3.8, 4) is 0 Å². The summed E-state index contributed by atoms with van der Waals surface area (Å²) in [6.45, 7) is 3.00. The van der Waals surface area contributed by atoms with E-state index in [9.17, 15) is 0 Å². The van der Waals surface area contributed by atoms with Crippen LogP contribution in [0.5, 0.6) is 0 Å². The maximum Gasteiger partial charge on any atom is 0.0618 e. The van der Waals surface area contributed by atoms with E-state index in [0.29, 0.717) is 0 Å². The van der Waals surface area contributed by atoms with Gasteiger partial charge in [-0.3, -0.25) is 5.84 Å². The lowest BCUT2D eigenvalue weighted by atomic mass is 10.2. The standard InChI is InChI=1S/C6H15N3/c7-9-5-3-1-2-4-8-6-9/h8H,1-7H2. The van der Waals surface area contributed by atoms with E-state index in [2.05, 4.69) is 5.32 Å². The second-order valence-electron chi connectivity index (χ2n) is 2.53. The molecule has 0 saturated carbocycles. The Morgan fingerprint density at radius 2 is 2.11 bits per heavy atom. The van der Waals surface area contributed by atoms with Crippen LogP contribution in [-0.4, -0.2) is 24.8 Å². The first-order valence-corrected chi connectivity index (χ1v) is 3.60. The van der Waals surface area contributed by atoms with E-state index in [4.69, 9.17) is 5.84 Å². The summed E-state index contributed by atoms with van der Waals surface area (Å²) < 4.78 is 0. The Kier molecular flexibility index (Phi) is 2.97. The molecule has 3 heteroatoms. The third kappa shape index (κ3) is 2.79. The maximum atomic E-state index is 5.58. The molecule has 1 aliphatic heterocycles. The summed E-state index contributed by atoms with van der Waals surface area (Å²) in [5.74, 6) is 5.58. The fourth-order valence-corrected chi connectivity index (χ4v) is 1.04. The number of nitrogens with one attached hydrogen (secondary N) is 1. The molecule has 3 nitrogen and oxygen atoms in total. The molecule has 0 aromatic rings. The van der Waals surface area contributed by atoms with Gasteiger partial charge in [0.25, 0.3) is 0 Å². The molecule has 0 aromatic carbocycles. The van der Waals surface area contributed by atoms with Crippen LogP contribution in [0.1, 0.15) is 19.3 Å². The van der Waals surface area contributed by atoms with Crippen LogP contribution in [0.3, 0.4) is 0 Å². The summed E-state index contributed by atoms with van der Waals surface area (Å²) >= 11 is 0. The first-order chi connectivity index (χ1) is 4.39. The van der Waals surface area contributed by atoms with Crippen molar-refractivity contribution in [1.82, 2.24) is 10.3 Å². The lowest BCUT2D eigenvalue weighted by molar-refractivity contribution is 0.240. The third-order valence-electron chi connectivity index (χ3n) is 1.61. The molecule has 1 saturated heterocycles. The Bertz CT molecular complexity index is 66.7. The highest BCUT2D eigenvalue weighted by Crippen LogP contribution is 1.97. The fraction of sp³-hybridized carbons (Fsp3) is 1.00. The maximum absolute atomic E-state index is 5.58. The van der Waals surface area contributed by atoms with Crippen LogP contribution in [-0.2, 0) is 0 Å². The lowest BCUT2D eigenvalue weighted by Gasteiger charge is -2.19. The van der Waals surface area contributed by atoms with Gasteiger partial charge in [-0.05, 0) is 19.4 Å². The molecule has 1 fully saturated rings. The predicted molar refractivity (Wildman–Crippen MR) is 37.6 cm³/mol. The summed E-state index contributed by atoms with van der Waals surface area (Å²) in [6, 6.07) is 0. The average Bonchev–Trinajstić information content (AvgIpc) is 1.79. The Hall–Kier alpha value is -0.120. The molecule has 0 aromatic heterocycles. The van der Waals surface area contributed by atoms with Crippen LogP contribution in [0.2, 0.25) is 0 Å². The van der Waals surface area contributed by atoms with E-state index < -0.39 is 0 Å². The molecule has 1 rings (SSSR count). The van der Waals surface area contributed by atoms with Crippen molar-refractivity contribution in [1.29, 1.82) is 0 Å². The van der Waals surface area contributed by atoms with Gasteiger partial charge in [0, 0.05) is 6.54 Å². The van der Waals surface area contributed by atoms with Gasteiger partial charge < -0.3 is 5.32 Å². The van der Waals surface area contributed by atoms with Crippen LogP contribution in [0.15, 0.2) is 0 Å². The SMILES string of the molecule is NN1CCCCCNC1. The van der Waals surface area contributed by atoms with E-state index >= 15 is 0 Å². The highest BCUT2D eigenvalue weighted by atomic mass is 15.4. The molecule has 0 amide bonds. The predicted octanol–water partition coefficient (Wildman–Crippen LogP) is -0.107.